The lowest BCUT2D eigenvalue weighted by Gasteiger charge is -2.11. The van der Waals surface area contributed by atoms with Gasteiger partial charge in [0.05, 0.1) is 4.90 Å². The van der Waals surface area contributed by atoms with Crippen LogP contribution in [0.4, 0.5) is 5.69 Å². The van der Waals surface area contributed by atoms with Crippen LogP contribution >= 0.6 is 0 Å². The smallest absolute Gasteiger partial charge is 0.261 e. The summed E-state index contributed by atoms with van der Waals surface area (Å²) in [5, 5.41) is 3.05. The Hall–Kier alpha value is -1.85. The van der Waals surface area contributed by atoms with Gasteiger partial charge in [-0.2, -0.15) is 0 Å². The molecule has 0 radical (unpaired) electrons. The molecule has 0 aliphatic carbocycles. The average molecular weight is 304 g/mol. The van der Waals surface area contributed by atoms with Gasteiger partial charge in [-0.05, 0) is 61.9 Å². The van der Waals surface area contributed by atoms with Crippen molar-refractivity contribution in [3.63, 3.8) is 0 Å². The molecule has 0 saturated heterocycles. The Balaban J connectivity index is 2.33. The van der Waals surface area contributed by atoms with Gasteiger partial charge in [0.1, 0.15) is 0 Å². The lowest BCUT2D eigenvalue weighted by atomic mass is 10.1. The zero-order valence-electron chi connectivity index (χ0n) is 12.5. The Morgan fingerprint density at radius 2 is 1.81 bits per heavy atom. The van der Waals surface area contributed by atoms with Crippen molar-refractivity contribution in [2.75, 3.05) is 11.8 Å². The number of sulfonamides is 1. The van der Waals surface area contributed by atoms with Crippen LogP contribution in [-0.4, -0.2) is 15.5 Å². The fraction of sp³-hybridized carbons (Fsp3) is 0.250. The Kier molecular flexibility index (Phi) is 4.65. The van der Waals surface area contributed by atoms with Crippen LogP contribution in [0, 0.1) is 13.8 Å². The summed E-state index contributed by atoms with van der Waals surface area (Å²) in [6, 6.07) is 12.5. The molecule has 4 nitrogen and oxygen atoms in total. The van der Waals surface area contributed by atoms with Crippen LogP contribution in [0.5, 0.6) is 0 Å². The fourth-order valence-electron chi connectivity index (χ4n) is 2.12. The second-order valence-electron chi connectivity index (χ2n) is 5.09. The maximum Gasteiger partial charge on any atom is 0.261 e. The average Bonchev–Trinajstić information content (AvgIpc) is 2.41. The van der Waals surface area contributed by atoms with E-state index in [1.807, 2.05) is 39.1 Å². The first-order chi connectivity index (χ1) is 9.92. The maximum atomic E-state index is 12.4. The molecule has 0 fully saturated rings. The summed E-state index contributed by atoms with van der Waals surface area (Å²) in [6.45, 7) is 4.53. The minimum atomic E-state index is -3.57. The van der Waals surface area contributed by atoms with Crippen molar-refractivity contribution in [3.8, 4) is 0 Å². The second kappa shape index (κ2) is 6.28. The van der Waals surface area contributed by atoms with Gasteiger partial charge in [-0.25, -0.2) is 8.42 Å². The van der Waals surface area contributed by atoms with Crippen LogP contribution in [0.2, 0.25) is 0 Å². The monoisotopic (exact) mass is 304 g/mol. The maximum absolute atomic E-state index is 12.4. The molecule has 0 bridgehead atoms. The van der Waals surface area contributed by atoms with E-state index in [1.54, 1.807) is 24.3 Å². The van der Waals surface area contributed by atoms with E-state index in [1.165, 1.54) is 0 Å². The van der Waals surface area contributed by atoms with E-state index in [0.717, 1.165) is 16.7 Å². The number of aryl methyl sites for hydroxylation is 2. The highest BCUT2D eigenvalue weighted by Crippen LogP contribution is 2.19. The van der Waals surface area contributed by atoms with Gasteiger partial charge >= 0.3 is 0 Å². The Morgan fingerprint density at radius 1 is 1.05 bits per heavy atom. The van der Waals surface area contributed by atoms with E-state index >= 15 is 0 Å². The van der Waals surface area contributed by atoms with Crippen molar-refractivity contribution >= 4 is 15.7 Å². The summed E-state index contributed by atoms with van der Waals surface area (Å²) in [4.78, 5) is 0.278. The normalized spacial score (nSPS) is 11.4. The molecule has 0 atom stereocenters. The Morgan fingerprint density at radius 3 is 2.48 bits per heavy atom. The molecule has 0 unspecified atom stereocenters. The topological polar surface area (TPSA) is 58.2 Å². The first-order valence-corrected chi connectivity index (χ1v) is 8.24. The molecule has 0 aliphatic rings. The molecular weight excluding hydrogens is 284 g/mol. The SMILES string of the molecule is CNCc1cc(S(=O)(=O)Nc2cccc(C)c2)ccc1C. The first kappa shape index (κ1) is 15.5. The standard InChI is InChI=1S/C16H20N2O2S/c1-12-5-4-6-15(9-12)18-21(19,20)16-8-7-13(2)14(10-16)11-17-3/h4-10,17-18H,11H2,1-3H3. The van der Waals surface area contributed by atoms with Crippen molar-refractivity contribution in [3.05, 3.63) is 59.2 Å². The van der Waals surface area contributed by atoms with E-state index in [9.17, 15) is 8.42 Å². The van der Waals surface area contributed by atoms with Gasteiger partial charge in [0.15, 0.2) is 0 Å². The third-order valence-electron chi connectivity index (χ3n) is 3.27. The van der Waals surface area contributed by atoms with Gasteiger partial charge in [0.25, 0.3) is 10.0 Å². The van der Waals surface area contributed by atoms with Crippen molar-refractivity contribution in [2.24, 2.45) is 0 Å². The lowest BCUT2D eigenvalue weighted by molar-refractivity contribution is 0.601. The molecule has 2 N–H and O–H groups in total. The van der Waals surface area contributed by atoms with Gasteiger partial charge in [0.2, 0.25) is 0 Å². The van der Waals surface area contributed by atoms with Crippen molar-refractivity contribution in [1.29, 1.82) is 0 Å². The minimum absolute atomic E-state index is 0.278. The molecule has 0 heterocycles. The number of hydrogen-bond donors (Lipinski definition) is 2. The predicted molar refractivity (Wildman–Crippen MR) is 85.9 cm³/mol. The highest BCUT2D eigenvalue weighted by atomic mass is 32.2. The fourth-order valence-corrected chi connectivity index (χ4v) is 3.22. The molecule has 0 spiro atoms. The van der Waals surface area contributed by atoms with E-state index in [4.69, 9.17) is 0 Å². The summed E-state index contributed by atoms with van der Waals surface area (Å²) in [5.41, 5.74) is 3.63. The van der Waals surface area contributed by atoms with Gasteiger partial charge in [-0.1, -0.05) is 18.2 Å². The zero-order valence-corrected chi connectivity index (χ0v) is 13.3. The molecule has 2 rings (SSSR count). The summed E-state index contributed by atoms with van der Waals surface area (Å²) in [7, 11) is -1.73. The van der Waals surface area contributed by atoms with Crippen molar-refractivity contribution in [1.82, 2.24) is 5.32 Å². The van der Waals surface area contributed by atoms with Gasteiger partial charge < -0.3 is 5.32 Å². The minimum Gasteiger partial charge on any atom is -0.316 e. The van der Waals surface area contributed by atoms with Gasteiger partial charge in [-0.3, -0.25) is 4.72 Å². The molecule has 2 aromatic rings. The molecule has 112 valence electrons. The number of benzene rings is 2. The van der Waals surface area contributed by atoms with Crippen molar-refractivity contribution < 1.29 is 8.42 Å². The number of hydrogen-bond acceptors (Lipinski definition) is 3. The molecule has 5 heteroatoms. The number of anilines is 1. The summed E-state index contributed by atoms with van der Waals surface area (Å²) in [6.07, 6.45) is 0. The highest BCUT2D eigenvalue weighted by molar-refractivity contribution is 7.92. The Bertz CT molecular complexity index is 740. The first-order valence-electron chi connectivity index (χ1n) is 6.76. The zero-order chi connectivity index (χ0) is 15.5. The molecule has 21 heavy (non-hydrogen) atoms. The van der Waals surface area contributed by atoms with Crippen LogP contribution in [0.3, 0.4) is 0 Å². The van der Waals surface area contributed by atoms with Crippen LogP contribution in [0.1, 0.15) is 16.7 Å². The third kappa shape index (κ3) is 3.83. The molecule has 0 saturated carbocycles. The van der Waals surface area contributed by atoms with Crippen LogP contribution in [-0.2, 0) is 16.6 Å². The van der Waals surface area contributed by atoms with Gasteiger partial charge in [0, 0.05) is 12.2 Å². The number of nitrogens with one attached hydrogen (secondary N) is 2. The highest BCUT2D eigenvalue weighted by Gasteiger charge is 2.15. The summed E-state index contributed by atoms with van der Waals surface area (Å²) >= 11 is 0. The molecule has 0 aromatic heterocycles. The van der Waals surface area contributed by atoms with Crippen LogP contribution in [0.25, 0.3) is 0 Å². The van der Waals surface area contributed by atoms with E-state index in [0.29, 0.717) is 12.2 Å². The van der Waals surface area contributed by atoms with E-state index < -0.39 is 10.0 Å². The quantitative estimate of drug-likeness (QED) is 0.893. The number of rotatable bonds is 5. The second-order valence-corrected chi connectivity index (χ2v) is 6.78. The summed E-state index contributed by atoms with van der Waals surface area (Å²) in [5.74, 6) is 0. The Labute approximate surface area is 126 Å². The predicted octanol–water partition coefficient (Wildman–Crippen LogP) is 2.82. The molecule has 0 aliphatic heterocycles. The summed E-state index contributed by atoms with van der Waals surface area (Å²) < 4.78 is 27.5. The molecule has 0 amide bonds. The van der Waals surface area contributed by atoms with E-state index in [2.05, 4.69) is 10.0 Å². The lowest BCUT2D eigenvalue weighted by Crippen LogP contribution is -2.14. The largest absolute Gasteiger partial charge is 0.316 e. The van der Waals surface area contributed by atoms with E-state index in [-0.39, 0.29) is 4.90 Å². The third-order valence-corrected chi connectivity index (χ3v) is 4.65. The molecule has 2 aromatic carbocycles. The van der Waals surface area contributed by atoms with Crippen molar-refractivity contribution in [2.45, 2.75) is 25.3 Å². The van der Waals surface area contributed by atoms with Crippen LogP contribution in [0.15, 0.2) is 47.4 Å². The van der Waals surface area contributed by atoms with Crippen LogP contribution < -0.4 is 10.0 Å². The molecular formula is C16H20N2O2S. The van der Waals surface area contributed by atoms with Gasteiger partial charge in [-0.15, -0.1) is 0 Å².